The first kappa shape index (κ1) is 14.1. The molecule has 0 aliphatic carbocycles. The Balaban J connectivity index is 2.35. The van der Waals surface area contributed by atoms with Crippen LogP contribution in [0.25, 0.3) is 0 Å². The summed E-state index contributed by atoms with van der Waals surface area (Å²) in [7, 11) is 0. The van der Waals surface area contributed by atoms with Crippen molar-refractivity contribution in [1.29, 1.82) is 0 Å². The summed E-state index contributed by atoms with van der Waals surface area (Å²) in [6.07, 6.45) is 2.10. The molecule has 0 aliphatic rings. The molecule has 2 aromatic rings. The van der Waals surface area contributed by atoms with Crippen LogP contribution >= 0.6 is 38.8 Å². The van der Waals surface area contributed by atoms with Crippen LogP contribution in [0.5, 0.6) is 0 Å². The van der Waals surface area contributed by atoms with Gasteiger partial charge < -0.3 is 5.32 Å². The van der Waals surface area contributed by atoms with Crippen molar-refractivity contribution in [2.45, 2.75) is 32.7 Å². The molecule has 1 atom stereocenters. The summed E-state index contributed by atoms with van der Waals surface area (Å²) in [5.41, 5.74) is 1.13. The maximum atomic E-state index is 4.27. The molecule has 2 heterocycles. The van der Waals surface area contributed by atoms with Crippen LogP contribution in [0.3, 0.4) is 0 Å². The molecule has 1 unspecified atom stereocenters. The van der Waals surface area contributed by atoms with Gasteiger partial charge in [0, 0.05) is 9.35 Å². The first-order valence-electron chi connectivity index (χ1n) is 6.05. The van der Waals surface area contributed by atoms with Gasteiger partial charge in [0.15, 0.2) is 0 Å². The molecule has 0 radical (unpaired) electrons. The molecule has 0 spiro atoms. The van der Waals surface area contributed by atoms with Crippen LogP contribution in [0, 0.1) is 0 Å². The summed E-state index contributed by atoms with van der Waals surface area (Å²) in [5.74, 6) is 0. The van der Waals surface area contributed by atoms with Crippen molar-refractivity contribution >= 4 is 38.8 Å². The minimum absolute atomic E-state index is 0.214. The smallest absolute Gasteiger partial charge is 0.0811 e. The summed E-state index contributed by atoms with van der Waals surface area (Å²) in [4.78, 5) is 2.56. The lowest BCUT2D eigenvalue weighted by Crippen LogP contribution is -2.21. The van der Waals surface area contributed by atoms with Crippen LogP contribution in [0.4, 0.5) is 0 Å². The van der Waals surface area contributed by atoms with E-state index in [9.17, 15) is 0 Å². The van der Waals surface area contributed by atoms with Gasteiger partial charge in [0.25, 0.3) is 0 Å². The molecular formula is C12H16BrN3S2. The number of hydrogen-bond acceptors (Lipinski definition) is 5. The van der Waals surface area contributed by atoms with Gasteiger partial charge in [-0.05, 0) is 51.9 Å². The van der Waals surface area contributed by atoms with Gasteiger partial charge in [-0.25, -0.2) is 0 Å². The van der Waals surface area contributed by atoms with Crippen LogP contribution in [0.1, 0.15) is 41.8 Å². The van der Waals surface area contributed by atoms with E-state index < -0.39 is 0 Å². The second-order valence-electron chi connectivity index (χ2n) is 3.96. The van der Waals surface area contributed by atoms with Crippen molar-refractivity contribution in [3.63, 3.8) is 0 Å². The third-order valence-corrected chi connectivity index (χ3v) is 5.42. The topological polar surface area (TPSA) is 37.8 Å². The van der Waals surface area contributed by atoms with Gasteiger partial charge in [-0.2, -0.15) is 0 Å². The Labute approximate surface area is 124 Å². The Hall–Kier alpha value is -0.300. The Morgan fingerprint density at radius 1 is 1.39 bits per heavy atom. The molecule has 6 heteroatoms. The lowest BCUT2D eigenvalue weighted by Gasteiger charge is -2.16. The molecule has 0 aliphatic heterocycles. The van der Waals surface area contributed by atoms with Crippen molar-refractivity contribution in [2.24, 2.45) is 0 Å². The van der Waals surface area contributed by atoms with Gasteiger partial charge in [-0.3, -0.25) is 0 Å². The molecule has 2 aromatic heterocycles. The minimum atomic E-state index is 0.214. The van der Waals surface area contributed by atoms with Crippen LogP contribution < -0.4 is 5.32 Å². The minimum Gasteiger partial charge on any atom is -0.305 e. The zero-order valence-corrected chi connectivity index (χ0v) is 13.7. The molecule has 3 nitrogen and oxygen atoms in total. The fourth-order valence-electron chi connectivity index (χ4n) is 1.86. The normalized spacial score (nSPS) is 12.8. The highest BCUT2D eigenvalue weighted by Crippen LogP contribution is 2.35. The Morgan fingerprint density at radius 3 is 2.83 bits per heavy atom. The summed E-state index contributed by atoms with van der Waals surface area (Å²) in [6.45, 7) is 5.23. The quantitative estimate of drug-likeness (QED) is 0.859. The number of rotatable bonds is 6. The third-order valence-electron chi connectivity index (χ3n) is 2.65. The molecule has 0 amide bonds. The Bertz CT molecular complexity index is 495. The van der Waals surface area contributed by atoms with Crippen molar-refractivity contribution in [3.05, 3.63) is 31.4 Å². The van der Waals surface area contributed by atoms with Crippen molar-refractivity contribution < 1.29 is 0 Å². The number of halogens is 1. The number of nitrogens with one attached hydrogen (secondary N) is 1. The van der Waals surface area contributed by atoms with E-state index in [4.69, 9.17) is 0 Å². The first-order chi connectivity index (χ1) is 8.77. The average Bonchev–Trinajstić information content (AvgIpc) is 2.96. The van der Waals surface area contributed by atoms with E-state index in [2.05, 4.69) is 56.1 Å². The van der Waals surface area contributed by atoms with Crippen molar-refractivity contribution in [3.8, 4) is 0 Å². The monoisotopic (exact) mass is 345 g/mol. The van der Waals surface area contributed by atoms with E-state index in [1.807, 2.05) is 0 Å². The SMILES string of the molecule is CCCc1nnsc1C(NCC)c1sccc1Br. The molecular weight excluding hydrogens is 330 g/mol. The summed E-state index contributed by atoms with van der Waals surface area (Å²) in [5, 5.41) is 9.91. The van der Waals surface area contributed by atoms with E-state index in [0.29, 0.717) is 0 Å². The fourth-order valence-corrected chi connectivity index (χ4v) is 4.41. The number of thiophene rings is 1. The molecule has 0 fully saturated rings. The van der Waals surface area contributed by atoms with Gasteiger partial charge in [0.05, 0.1) is 16.6 Å². The molecule has 1 N–H and O–H groups in total. The summed E-state index contributed by atoms with van der Waals surface area (Å²) >= 11 is 6.89. The van der Waals surface area contributed by atoms with Crippen LogP contribution in [0.15, 0.2) is 15.9 Å². The van der Waals surface area contributed by atoms with Gasteiger partial charge in [0.1, 0.15) is 0 Å². The molecule has 0 saturated carbocycles. The maximum absolute atomic E-state index is 4.27. The fraction of sp³-hybridized carbons (Fsp3) is 0.500. The zero-order valence-electron chi connectivity index (χ0n) is 10.4. The van der Waals surface area contributed by atoms with E-state index in [-0.39, 0.29) is 6.04 Å². The molecule has 0 aromatic carbocycles. The largest absolute Gasteiger partial charge is 0.305 e. The number of nitrogens with zero attached hydrogens (tertiary/aromatic N) is 2. The Kier molecular flexibility index (Phi) is 5.29. The number of hydrogen-bond donors (Lipinski definition) is 1. The van der Waals surface area contributed by atoms with Crippen LogP contribution in [-0.2, 0) is 6.42 Å². The number of aromatic nitrogens is 2. The molecule has 0 bridgehead atoms. The average molecular weight is 346 g/mol. The zero-order chi connectivity index (χ0) is 13.0. The lowest BCUT2D eigenvalue weighted by atomic mass is 10.1. The standard InChI is InChI=1S/C12H16BrN3S2/c1-3-5-9-12(18-16-15-9)10(14-4-2)11-8(13)6-7-17-11/h6-7,10,14H,3-5H2,1-2H3. The van der Waals surface area contributed by atoms with Crippen LogP contribution in [-0.4, -0.2) is 16.1 Å². The second-order valence-corrected chi connectivity index (χ2v) is 6.55. The van der Waals surface area contributed by atoms with Gasteiger partial charge in [-0.15, -0.1) is 16.4 Å². The highest BCUT2D eigenvalue weighted by Gasteiger charge is 2.22. The van der Waals surface area contributed by atoms with Gasteiger partial charge in [0.2, 0.25) is 0 Å². The number of aryl methyl sites for hydroxylation is 1. The van der Waals surface area contributed by atoms with E-state index >= 15 is 0 Å². The Morgan fingerprint density at radius 2 is 2.22 bits per heavy atom. The predicted molar refractivity (Wildman–Crippen MR) is 81.4 cm³/mol. The van der Waals surface area contributed by atoms with Crippen LogP contribution in [0.2, 0.25) is 0 Å². The van der Waals surface area contributed by atoms with E-state index in [1.54, 1.807) is 11.3 Å². The second kappa shape index (κ2) is 6.75. The predicted octanol–water partition coefficient (Wildman–Crippen LogP) is 4.01. The maximum Gasteiger partial charge on any atom is 0.0811 e. The third kappa shape index (κ3) is 2.99. The summed E-state index contributed by atoms with van der Waals surface area (Å²) in [6, 6.07) is 2.31. The molecule has 0 saturated heterocycles. The van der Waals surface area contributed by atoms with E-state index in [1.165, 1.54) is 21.3 Å². The van der Waals surface area contributed by atoms with Gasteiger partial charge in [-0.1, -0.05) is 24.8 Å². The lowest BCUT2D eigenvalue weighted by molar-refractivity contribution is 0.637. The van der Waals surface area contributed by atoms with Crippen molar-refractivity contribution in [1.82, 2.24) is 14.9 Å². The first-order valence-corrected chi connectivity index (χ1v) is 8.49. The van der Waals surface area contributed by atoms with E-state index in [0.717, 1.165) is 29.6 Å². The molecule has 98 valence electrons. The highest BCUT2D eigenvalue weighted by molar-refractivity contribution is 9.10. The van der Waals surface area contributed by atoms with Crippen molar-refractivity contribution in [2.75, 3.05) is 6.54 Å². The summed E-state index contributed by atoms with van der Waals surface area (Å²) < 4.78 is 5.29. The molecule has 18 heavy (non-hydrogen) atoms. The highest BCUT2D eigenvalue weighted by atomic mass is 79.9. The van der Waals surface area contributed by atoms with Gasteiger partial charge >= 0.3 is 0 Å². The molecule has 2 rings (SSSR count).